The van der Waals surface area contributed by atoms with Crippen molar-refractivity contribution in [3.05, 3.63) is 58.1 Å². The minimum Gasteiger partial charge on any atom is -0.296 e. The third kappa shape index (κ3) is 2.73. The van der Waals surface area contributed by atoms with Crippen molar-refractivity contribution in [2.75, 3.05) is 5.88 Å². The number of fused-ring (bicyclic) bond motifs is 1. The minimum absolute atomic E-state index is 0.0631. The van der Waals surface area contributed by atoms with Crippen LogP contribution in [0.5, 0.6) is 0 Å². The summed E-state index contributed by atoms with van der Waals surface area (Å²) in [6, 6.07) is 10.00. The lowest BCUT2D eigenvalue weighted by molar-refractivity contribution is 0.627. The molecular weight excluding hydrogens is 334 g/mol. The van der Waals surface area contributed by atoms with Gasteiger partial charge in [-0.1, -0.05) is 23.2 Å². The molecule has 0 N–H and O–H groups in total. The van der Waals surface area contributed by atoms with Crippen LogP contribution in [0.15, 0.2) is 36.4 Å². The number of imidazole rings is 1. The van der Waals surface area contributed by atoms with Gasteiger partial charge in [0.15, 0.2) is 0 Å². The maximum absolute atomic E-state index is 13.4. The first kappa shape index (κ1) is 14.6. The van der Waals surface area contributed by atoms with Gasteiger partial charge in [-0.2, -0.15) is 0 Å². The zero-order valence-electron chi connectivity index (χ0n) is 10.8. The fourth-order valence-corrected chi connectivity index (χ4v) is 2.77. The number of halogens is 4. The molecule has 0 radical (unpaired) electrons. The molecule has 0 saturated carbocycles. The molecule has 0 unspecified atom stereocenters. The molecule has 0 aliphatic carbocycles. The van der Waals surface area contributed by atoms with Crippen LogP contribution in [0.2, 0.25) is 10.0 Å². The van der Waals surface area contributed by atoms with E-state index in [0.29, 0.717) is 17.3 Å². The maximum Gasteiger partial charge on any atom is 0.141 e. The van der Waals surface area contributed by atoms with E-state index in [1.165, 1.54) is 6.07 Å². The van der Waals surface area contributed by atoms with Gasteiger partial charge in [-0.05, 0) is 36.4 Å². The number of nitrogens with zero attached hydrogens (tertiary/aromatic N) is 2. The minimum atomic E-state index is -0.457. The van der Waals surface area contributed by atoms with Crippen LogP contribution >= 0.6 is 34.8 Å². The fourth-order valence-electron chi connectivity index (χ4n) is 2.26. The lowest BCUT2D eigenvalue weighted by Gasteiger charge is -2.09. The number of rotatable bonds is 3. The molecule has 3 aromatic rings. The molecule has 0 saturated heterocycles. The maximum atomic E-state index is 13.4. The molecule has 2 nitrogen and oxygen atoms in total. The summed E-state index contributed by atoms with van der Waals surface area (Å²) >= 11 is 17.8. The second-order valence-electron chi connectivity index (χ2n) is 4.53. The van der Waals surface area contributed by atoms with E-state index < -0.39 is 5.82 Å². The highest BCUT2D eigenvalue weighted by atomic mass is 35.5. The quantitative estimate of drug-likeness (QED) is 0.594. The van der Waals surface area contributed by atoms with Gasteiger partial charge in [-0.3, -0.25) is 4.57 Å². The highest BCUT2D eigenvalue weighted by Gasteiger charge is 2.13. The van der Waals surface area contributed by atoms with Crippen LogP contribution < -0.4 is 0 Å². The Morgan fingerprint density at radius 2 is 1.90 bits per heavy atom. The molecule has 0 bridgehead atoms. The van der Waals surface area contributed by atoms with E-state index in [1.807, 2.05) is 16.7 Å². The van der Waals surface area contributed by atoms with Gasteiger partial charge >= 0.3 is 0 Å². The van der Waals surface area contributed by atoms with E-state index in [9.17, 15) is 4.39 Å². The summed E-state index contributed by atoms with van der Waals surface area (Å²) in [6.45, 7) is 0. The van der Waals surface area contributed by atoms with Crippen LogP contribution in [0.1, 0.15) is 5.82 Å². The molecule has 108 valence electrons. The first-order valence-corrected chi connectivity index (χ1v) is 7.57. The van der Waals surface area contributed by atoms with Crippen LogP contribution in [0.25, 0.3) is 16.7 Å². The Bertz CT molecular complexity index is 814. The van der Waals surface area contributed by atoms with Gasteiger partial charge in [0, 0.05) is 23.0 Å². The van der Waals surface area contributed by atoms with E-state index in [-0.39, 0.29) is 5.02 Å². The molecule has 0 aliphatic heterocycles. The van der Waals surface area contributed by atoms with Crippen LogP contribution in [0.4, 0.5) is 4.39 Å². The van der Waals surface area contributed by atoms with Crippen molar-refractivity contribution in [2.24, 2.45) is 0 Å². The van der Waals surface area contributed by atoms with Crippen molar-refractivity contribution < 1.29 is 4.39 Å². The van der Waals surface area contributed by atoms with E-state index >= 15 is 0 Å². The Kier molecular flexibility index (Phi) is 4.07. The number of aromatic nitrogens is 2. The zero-order valence-corrected chi connectivity index (χ0v) is 13.1. The van der Waals surface area contributed by atoms with E-state index in [0.717, 1.165) is 22.5 Å². The van der Waals surface area contributed by atoms with Gasteiger partial charge < -0.3 is 0 Å². The highest BCUT2D eigenvalue weighted by molar-refractivity contribution is 6.31. The second kappa shape index (κ2) is 5.84. The number of alkyl halides is 1. The van der Waals surface area contributed by atoms with Crippen molar-refractivity contribution in [2.45, 2.75) is 6.42 Å². The molecule has 2 aromatic carbocycles. The van der Waals surface area contributed by atoms with Crippen LogP contribution in [-0.4, -0.2) is 15.4 Å². The molecule has 0 aliphatic rings. The van der Waals surface area contributed by atoms with Crippen molar-refractivity contribution in [1.29, 1.82) is 0 Å². The summed E-state index contributed by atoms with van der Waals surface area (Å²) in [4.78, 5) is 4.56. The van der Waals surface area contributed by atoms with Gasteiger partial charge in [0.05, 0.1) is 16.1 Å². The van der Waals surface area contributed by atoms with Crippen molar-refractivity contribution in [3.63, 3.8) is 0 Å². The Balaban J connectivity index is 2.29. The summed E-state index contributed by atoms with van der Waals surface area (Å²) in [7, 11) is 0. The summed E-state index contributed by atoms with van der Waals surface area (Å²) in [5.74, 6) is 0.762. The Labute approximate surface area is 136 Å². The Morgan fingerprint density at radius 1 is 1.10 bits per heavy atom. The van der Waals surface area contributed by atoms with E-state index in [2.05, 4.69) is 4.98 Å². The smallest absolute Gasteiger partial charge is 0.141 e. The van der Waals surface area contributed by atoms with Gasteiger partial charge in [0.25, 0.3) is 0 Å². The molecule has 1 aromatic heterocycles. The molecule has 0 fully saturated rings. The Morgan fingerprint density at radius 3 is 2.62 bits per heavy atom. The van der Waals surface area contributed by atoms with Gasteiger partial charge in [0.1, 0.15) is 11.6 Å². The lowest BCUT2D eigenvalue weighted by Crippen LogP contribution is -2.02. The van der Waals surface area contributed by atoms with Crippen molar-refractivity contribution >= 4 is 45.8 Å². The predicted molar refractivity (Wildman–Crippen MR) is 85.5 cm³/mol. The lowest BCUT2D eigenvalue weighted by atomic mass is 10.2. The van der Waals surface area contributed by atoms with Crippen LogP contribution in [-0.2, 0) is 6.42 Å². The summed E-state index contributed by atoms with van der Waals surface area (Å²) in [6.07, 6.45) is 0.586. The van der Waals surface area contributed by atoms with E-state index in [1.54, 1.807) is 18.2 Å². The predicted octanol–water partition coefficient (Wildman–Crippen LogP) is 5.25. The molecule has 1 heterocycles. The highest BCUT2D eigenvalue weighted by Crippen LogP contribution is 2.27. The first-order chi connectivity index (χ1) is 10.1. The first-order valence-electron chi connectivity index (χ1n) is 6.28. The summed E-state index contributed by atoms with van der Waals surface area (Å²) in [5, 5.41) is 0.669. The van der Waals surface area contributed by atoms with Crippen molar-refractivity contribution in [3.8, 4) is 5.69 Å². The topological polar surface area (TPSA) is 17.8 Å². The summed E-state index contributed by atoms with van der Waals surface area (Å²) < 4.78 is 15.3. The van der Waals surface area contributed by atoms with Gasteiger partial charge in [0.2, 0.25) is 0 Å². The SMILES string of the molecule is Fc1ccc(-n2c(CCCl)nc3ccc(Cl)cc32)cc1Cl. The average Bonchev–Trinajstić information content (AvgIpc) is 2.80. The molecule has 0 spiro atoms. The van der Waals surface area contributed by atoms with Crippen LogP contribution in [0, 0.1) is 5.82 Å². The second-order valence-corrected chi connectivity index (χ2v) is 5.76. The molecule has 6 heteroatoms. The van der Waals surface area contributed by atoms with Gasteiger partial charge in [-0.25, -0.2) is 9.37 Å². The monoisotopic (exact) mass is 342 g/mol. The fraction of sp³-hybridized carbons (Fsp3) is 0.133. The largest absolute Gasteiger partial charge is 0.296 e. The summed E-state index contributed by atoms with van der Waals surface area (Å²) in [5.41, 5.74) is 2.37. The van der Waals surface area contributed by atoms with Gasteiger partial charge in [-0.15, -0.1) is 11.6 Å². The standard InChI is InChI=1S/C15H10Cl3FN2/c16-6-5-15-20-13-4-1-9(17)7-14(13)21(15)10-2-3-12(19)11(18)8-10/h1-4,7-8H,5-6H2. The number of benzene rings is 2. The third-order valence-electron chi connectivity index (χ3n) is 3.17. The van der Waals surface area contributed by atoms with Crippen LogP contribution in [0.3, 0.4) is 0 Å². The van der Waals surface area contributed by atoms with Crippen molar-refractivity contribution in [1.82, 2.24) is 9.55 Å². The third-order valence-corrected chi connectivity index (χ3v) is 3.88. The normalized spacial score (nSPS) is 11.2. The Hall–Kier alpha value is -1.29. The number of aryl methyl sites for hydroxylation is 1. The molecule has 0 atom stereocenters. The zero-order chi connectivity index (χ0) is 15.0. The molecule has 0 amide bonds. The average molecular weight is 344 g/mol. The number of hydrogen-bond acceptors (Lipinski definition) is 1. The molecular formula is C15H10Cl3FN2. The molecule has 21 heavy (non-hydrogen) atoms. The molecule has 3 rings (SSSR count). The number of hydrogen-bond donors (Lipinski definition) is 0. The van der Waals surface area contributed by atoms with E-state index in [4.69, 9.17) is 34.8 Å².